The topological polar surface area (TPSA) is 50.4 Å². The molecule has 1 N–H and O–H groups in total. The van der Waals surface area contributed by atoms with Crippen LogP contribution in [0.5, 0.6) is 11.5 Å². The molecular weight excluding hydrogens is 393 g/mol. The predicted octanol–water partition coefficient (Wildman–Crippen LogP) is 4.94. The van der Waals surface area contributed by atoms with Gasteiger partial charge in [0.05, 0.1) is 19.9 Å². The third-order valence-corrected chi connectivity index (χ3v) is 5.99. The van der Waals surface area contributed by atoms with Gasteiger partial charge >= 0.3 is 0 Å². The summed E-state index contributed by atoms with van der Waals surface area (Å²) in [5, 5.41) is 1.10. The fourth-order valence-corrected chi connectivity index (χ4v) is 4.40. The molecule has 0 saturated carbocycles. The minimum atomic E-state index is -0.239. The fourth-order valence-electron chi connectivity index (χ4n) is 4.40. The summed E-state index contributed by atoms with van der Waals surface area (Å²) in [6, 6.07) is 14.8. The van der Waals surface area contributed by atoms with Gasteiger partial charge in [0, 0.05) is 36.8 Å². The van der Waals surface area contributed by atoms with Crippen molar-refractivity contribution in [1.29, 1.82) is 0 Å². The molecule has 0 saturated heterocycles. The van der Waals surface area contributed by atoms with Crippen LogP contribution in [0.15, 0.2) is 54.7 Å². The molecule has 0 fully saturated rings. The Morgan fingerprint density at radius 1 is 1.03 bits per heavy atom. The van der Waals surface area contributed by atoms with E-state index in [1.54, 1.807) is 20.4 Å². The second-order valence-electron chi connectivity index (χ2n) is 7.82. The number of methoxy groups -OCH3 is 2. The van der Waals surface area contributed by atoms with Crippen LogP contribution in [-0.2, 0) is 19.5 Å². The number of hydrogen-bond acceptors (Lipinski definition) is 4. The molecule has 5 rings (SSSR count). The number of aromatic nitrogens is 2. The van der Waals surface area contributed by atoms with E-state index in [0.29, 0.717) is 0 Å². The van der Waals surface area contributed by atoms with E-state index in [4.69, 9.17) is 9.47 Å². The van der Waals surface area contributed by atoms with Crippen molar-refractivity contribution in [2.75, 3.05) is 20.8 Å². The Bertz CT molecular complexity index is 1230. The third-order valence-electron chi connectivity index (χ3n) is 5.99. The lowest BCUT2D eigenvalue weighted by Crippen LogP contribution is -2.30. The van der Waals surface area contributed by atoms with Crippen LogP contribution < -0.4 is 9.47 Å². The molecule has 3 heterocycles. The van der Waals surface area contributed by atoms with Crippen LogP contribution in [0, 0.1) is 5.82 Å². The maximum atomic E-state index is 13.5. The van der Waals surface area contributed by atoms with Gasteiger partial charge in [-0.05, 0) is 71.6 Å². The second-order valence-corrected chi connectivity index (χ2v) is 7.82. The minimum absolute atomic E-state index is 0.239. The van der Waals surface area contributed by atoms with E-state index < -0.39 is 0 Å². The van der Waals surface area contributed by atoms with Crippen molar-refractivity contribution in [3.05, 3.63) is 77.2 Å². The van der Waals surface area contributed by atoms with Gasteiger partial charge in [-0.15, -0.1) is 0 Å². The standard InChI is InChI=1S/C25H24FN3O2/c1-30-22-12-17-9-11-29(14-18(17)13-23(22)31-2)15-21-20-4-3-10-27-25(20)28-24(21)16-5-7-19(26)8-6-16/h3-8,10,12-13H,9,11,14-15H2,1-2H3,(H,27,28). The van der Waals surface area contributed by atoms with Gasteiger partial charge in [0.25, 0.3) is 0 Å². The first-order valence-corrected chi connectivity index (χ1v) is 10.3. The summed E-state index contributed by atoms with van der Waals surface area (Å²) in [6.07, 6.45) is 2.73. The molecule has 5 nitrogen and oxygen atoms in total. The number of benzene rings is 2. The number of aromatic amines is 1. The Morgan fingerprint density at radius 2 is 1.77 bits per heavy atom. The molecule has 4 aromatic rings. The number of ether oxygens (including phenoxy) is 2. The molecule has 0 bridgehead atoms. The largest absolute Gasteiger partial charge is 0.493 e. The summed E-state index contributed by atoms with van der Waals surface area (Å²) in [7, 11) is 3.33. The van der Waals surface area contributed by atoms with Gasteiger partial charge in [-0.1, -0.05) is 0 Å². The van der Waals surface area contributed by atoms with Crippen LogP contribution in [0.1, 0.15) is 16.7 Å². The van der Waals surface area contributed by atoms with Gasteiger partial charge in [0.2, 0.25) is 0 Å². The van der Waals surface area contributed by atoms with Crippen molar-refractivity contribution < 1.29 is 13.9 Å². The van der Waals surface area contributed by atoms with E-state index in [1.807, 2.05) is 18.2 Å². The first-order valence-electron chi connectivity index (χ1n) is 10.3. The first-order chi connectivity index (χ1) is 15.2. The van der Waals surface area contributed by atoms with Crippen LogP contribution >= 0.6 is 0 Å². The van der Waals surface area contributed by atoms with Gasteiger partial charge in [0.1, 0.15) is 11.5 Å². The molecule has 2 aromatic heterocycles. The van der Waals surface area contributed by atoms with Crippen LogP contribution in [0.25, 0.3) is 22.3 Å². The van der Waals surface area contributed by atoms with Crippen LogP contribution in [0.4, 0.5) is 4.39 Å². The van der Waals surface area contributed by atoms with E-state index in [1.165, 1.54) is 28.8 Å². The number of fused-ring (bicyclic) bond motifs is 2. The molecule has 6 heteroatoms. The Hall–Kier alpha value is -3.38. The molecule has 0 aliphatic carbocycles. The van der Waals surface area contributed by atoms with Gasteiger partial charge in [0.15, 0.2) is 11.5 Å². The zero-order valence-electron chi connectivity index (χ0n) is 17.6. The average molecular weight is 417 g/mol. The second kappa shape index (κ2) is 8.04. The summed E-state index contributed by atoms with van der Waals surface area (Å²) in [4.78, 5) is 10.4. The van der Waals surface area contributed by atoms with Crippen LogP contribution in [-0.4, -0.2) is 35.6 Å². The Kier molecular flexibility index (Phi) is 5.08. The normalized spacial score (nSPS) is 13.9. The van der Waals surface area contributed by atoms with E-state index in [0.717, 1.165) is 59.8 Å². The van der Waals surface area contributed by atoms with Crippen molar-refractivity contribution in [3.8, 4) is 22.8 Å². The average Bonchev–Trinajstić information content (AvgIpc) is 3.17. The molecule has 0 atom stereocenters. The Morgan fingerprint density at radius 3 is 2.52 bits per heavy atom. The van der Waals surface area contributed by atoms with E-state index in [-0.39, 0.29) is 5.82 Å². The highest BCUT2D eigenvalue weighted by Gasteiger charge is 2.22. The van der Waals surface area contributed by atoms with Crippen molar-refractivity contribution in [1.82, 2.24) is 14.9 Å². The third kappa shape index (κ3) is 3.64. The Labute approximate surface area is 180 Å². The monoisotopic (exact) mass is 417 g/mol. The Balaban J connectivity index is 1.50. The number of rotatable bonds is 5. The van der Waals surface area contributed by atoms with Crippen LogP contribution in [0.2, 0.25) is 0 Å². The van der Waals surface area contributed by atoms with E-state index >= 15 is 0 Å². The fraction of sp³-hybridized carbons (Fsp3) is 0.240. The summed E-state index contributed by atoms with van der Waals surface area (Å²) < 4.78 is 24.4. The molecule has 158 valence electrons. The SMILES string of the molecule is COc1cc2c(cc1OC)CN(Cc1c(-c3ccc(F)cc3)[nH]c3ncccc13)CC2. The number of nitrogens with one attached hydrogen (secondary N) is 1. The molecule has 2 aromatic carbocycles. The van der Waals surface area contributed by atoms with Crippen molar-refractivity contribution in [2.24, 2.45) is 0 Å². The predicted molar refractivity (Wildman–Crippen MR) is 119 cm³/mol. The van der Waals surface area contributed by atoms with Gasteiger partial charge < -0.3 is 14.5 Å². The summed E-state index contributed by atoms with van der Waals surface area (Å²) in [5.41, 5.74) is 6.53. The highest BCUT2D eigenvalue weighted by atomic mass is 19.1. The molecule has 31 heavy (non-hydrogen) atoms. The lowest BCUT2D eigenvalue weighted by Gasteiger charge is -2.29. The first kappa shape index (κ1) is 19.6. The van der Waals surface area contributed by atoms with E-state index in [9.17, 15) is 4.39 Å². The van der Waals surface area contributed by atoms with Crippen molar-refractivity contribution >= 4 is 11.0 Å². The molecule has 1 aliphatic rings. The van der Waals surface area contributed by atoms with Gasteiger partial charge in [-0.2, -0.15) is 0 Å². The summed E-state index contributed by atoms with van der Waals surface area (Å²) >= 11 is 0. The smallest absolute Gasteiger partial charge is 0.161 e. The molecular formula is C25H24FN3O2. The minimum Gasteiger partial charge on any atom is -0.493 e. The molecule has 1 aliphatic heterocycles. The highest BCUT2D eigenvalue weighted by Crippen LogP contribution is 2.35. The number of H-pyrrole nitrogens is 1. The maximum absolute atomic E-state index is 13.5. The molecule has 0 radical (unpaired) electrons. The zero-order valence-corrected chi connectivity index (χ0v) is 17.6. The summed E-state index contributed by atoms with van der Waals surface area (Å²) in [6.45, 7) is 2.54. The number of pyridine rings is 1. The number of hydrogen-bond donors (Lipinski definition) is 1. The molecule has 0 unspecified atom stereocenters. The number of nitrogens with zero attached hydrogens (tertiary/aromatic N) is 2. The molecule has 0 spiro atoms. The van der Waals surface area contributed by atoms with Gasteiger partial charge in [-0.3, -0.25) is 4.90 Å². The quantitative estimate of drug-likeness (QED) is 0.500. The van der Waals surface area contributed by atoms with Crippen molar-refractivity contribution in [2.45, 2.75) is 19.5 Å². The van der Waals surface area contributed by atoms with Crippen LogP contribution in [0.3, 0.4) is 0 Å². The lowest BCUT2D eigenvalue weighted by atomic mass is 9.97. The molecule has 0 amide bonds. The number of halogens is 1. The lowest BCUT2D eigenvalue weighted by molar-refractivity contribution is 0.245. The van der Waals surface area contributed by atoms with Gasteiger partial charge in [-0.25, -0.2) is 9.37 Å². The van der Waals surface area contributed by atoms with Crippen molar-refractivity contribution in [3.63, 3.8) is 0 Å². The highest BCUT2D eigenvalue weighted by molar-refractivity contribution is 5.88. The van der Waals surface area contributed by atoms with E-state index in [2.05, 4.69) is 33.1 Å². The summed E-state index contributed by atoms with van der Waals surface area (Å²) in [5.74, 6) is 1.29. The zero-order chi connectivity index (χ0) is 21.4. The maximum Gasteiger partial charge on any atom is 0.161 e.